The number of carbonyl (C=O) groups is 1. The van der Waals surface area contributed by atoms with E-state index in [0.717, 1.165) is 9.87 Å². The Morgan fingerprint density at radius 1 is 1.03 bits per heavy atom. The maximum absolute atomic E-state index is 13.4. The molecular weight excluding hydrogens is 424 g/mol. The fourth-order valence-corrected chi connectivity index (χ4v) is 4.55. The Hall–Kier alpha value is -3.03. The van der Waals surface area contributed by atoms with Crippen molar-refractivity contribution in [3.05, 3.63) is 83.4 Å². The maximum atomic E-state index is 13.4. The normalized spacial score (nSPS) is 11.0. The first-order valence-corrected chi connectivity index (χ1v) is 10.9. The van der Waals surface area contributed by atoms with E-state index in [9.17, 15) is 13.2 Å². The average Bonchev–Trinajstić information content (AvgIpc) is 2.72. The number of anilines is 2. The third-order valence-corrected chi connectivity index (χ3v) is 6.34. The van der Waals surface area contributed by atoms with Crippen LogP contribution < -0.4 is 14.4 Å². The van der Waals surface area contributed by atoms with Gasteiger partial charge in [0.25, 0.3) is 10.0 Å². The Kier molecular flexibility index (Phi) is 6.64. The van der Waals surface area contributed by atoms with Crippen molar-refractivity contribution in [1.29, 1.82) is 0 Å². The van der Waals surface area contributed by atoms with Gasteiger partial charge in [0.1, 0.15) is 12.3 Å². The number of methoxy groups -OCH3 is 1. The first-order chi connectivity index (χ1) is 14.3. The highest BCUT2D eigenvalue weighted by molar-refractivity contribution is 7.92. The van der Waals surface area contributed by atoms with E-state index in [1.165, 1.54) is 19.2 Å². The molecule has 0 aliphatic heterocycles. The number of ether oxygens (including phenoxy) is 1. The molecule has 1 N–H and O–H groups in total. The van der Waals surface area contributed by atoms with Crippen LogP contribution in [0.2, 0.25) is 5.02 Å². The van der Waals surface area contributed by atoms with Crippen LogP contribution in [-0.4, -0.2) is 28.0 Å². The summed E-state index contributed by atoms with van der Waals surface area (Å²) in [7, 11) is -2.58. The van der Waals surface area contributed by atoms with Gasteiger partial charge in [-0.3, -0.25) is 9.10 Å². The fourth-order valence-electron chi connectivity index (χ4n) is 2.91. The van der Waals surface area contributed by atoms with E-state index in [2.05, 4.69) is 5.32 Å². The van der Waals surface area contributed by atoms with Crippen molar-refractivity contribution in [1.82, 2.24) is 0 Å². The number of halogens is 1. The molecule has 0 aliphatic rings. The van der Waals surface area contributed by atoms with Crippen molar-refractivity contribution in [2.45, 2.75) is 11.8 Å². The number of nitrogens with one attached hydrogen (secondary N) is 1. The highest BCUT2D eigenvalue weighted by Gasteiger charge is 2.29. The van der Waals surface area contributed by atoms with Crippen molar-refractivity contribution in [3.63, 3.8) is 0 Å². The number of amides is 1. The molecule has 0 unspecified atom stereocenters. The zero-order valence-electron chi connectivity index (χ0n) is 16.5. The lowest BCUT2D eigenvalue weighted by Crippen LogP contribution is -2.38. The molecule has 0 heterocycles. The molecule has 0 aliphatic carbocycles. The third kappa shape index (κ3) is 4.93. The van der Waals surface area contributed by atoms with Gasteiger partial charge in [0.2, 0.25) is 5.91 Å². The first kappa shape index (κ1) is 21.7. The molecule has 6 nitrogen and oxygen atoms in total. The molecule has 8 heteroatoms. The number of hydrogen-bond acceptors (Lipinski definition) is 4. The standard InChI is InChI=1S/C22H21ClN2O4S/c1-16-11-12-21(29-2)20(13-16)25(30(27,28)19-9-4-3-5-10-19)15-22(26)24-18-8-6-7-17(23)14-18/h3-14H,15H2,1-2H3,(H,24,26). The largest absolute Gasteiger partial charge is 0.495 e. The van der Waals surface area contributed by atoms with E-state index in [0.29, 0.717) is 16.5 Å². The van der Waals surface area contributed by atoms with Crippen molar-refractivity contribution in [2.75, 3.05) is 23.3 Å². The summed E-state index contributed by atoms with van der Waals surface area (Å²) >= 11 is 5.97. The zero-order valence-corrected chi connectivity index (χ0v) is 18.1. The van der Waals surface area contributed by atoms with Crippen LogP contribution in [0.5, 0.6) is 5.75 Å². The van der Waals surface area contributed by atoms with Crippen molar-refractivity contribution >= 4 is 38.9 Å². The quantitative estimate of drug-likeness (QED) is 0.582. The monoisotopic (exact) mass is 444 g/mol. The summed E-state index contributed by atoms with van der Waals surface area (Å²) in [4.78, 5) is 12.8. The van der Waals surface area contributed by atoms with Gasteiger partial charge in [-0.2, -0.15) is 0 Å². The molecule has 0 bridgehead atoms. The molecule has 0 saturated carbocycles. The molecule has 156 valence electrons. The summed E-state index contributed by atoms with van der Waals surface area (Å²) in [5.41, 5.74) is 1.58. The van der Waals surface area contributed by atoms with E-state index >= 15 is 0 Å². The Morgan fingerprint density at radius 2 is 1.77 bits per heavy atom. The molecule has 0 radical (unpaired) electrons. The average molecular weight is 445 g/mol. The molecule has 3 aromatic rings. The molecule has 3 aromatic carbocycles. The summed E-state index contributed by atoms with van der Waals surface area (Å²) in [5, 5.41) is 3.15. The Morgan fingerprint density at radius 3 is 2.43 bits per heavy atom. The number of hydrogen-bond donors (Lipinski definition) is 1. The minimum Gasteiger partial charge on any atom is -0.495 e. The number of rotatable bonds is 7. The van der Waals surface area contributed by atoms with Crippen molar-refractivity contribution < 1.29 is 17.9 Å². The molecule has 0 spiro atoms. The summed E-state index contributed by atoms with van der Waals surface area (Å²) in [6, 6.07) is 19.7. The summed E-state index contributed by atoms with van der Waals surface area (Å²) in [5.74, 6) is -0.170. The smallest absolute Gasteiger partial charge is 0.264 e. The lowest BCUT2D eigenvalue weighted by molar-refractivity contribution is -0.114. The number of benzene rings is 3. The molecule has 0 atom stereocenters. The summed E-state index contributed by atoms with van der Waals surface area (Å²) in [6.07, 6.45) is 0. The minimum atomic E-state index is -4.03. The van der Waals surface area contributed by atoms with Crippen LogP contribution in [0.3, 0.4) is 0 Å². The number of nitrogens with zero attached hydrogens (tertiary/aromatic N) is 1. The fraction of sp³-hybridized carbons (Fsp3) is 0.136. The lowest BCUT2D eigenvalue weighted by atomic mass is 10.2. The lowest BCUT2D eigenvalue weighted by Gasteiger charge is -2.26. The third-order valence-electron chi connectivity index (χ3n) is 4.33. The van der Waals surface area contributed by atoms with Gasteiger partial charge in [0, 0.05) is 10.7 Å². The molecule has 30 heavy (non-hydrogen) atoms. The van der Waals surface area contributed by atoms with Crippen LogP contribution in [-0.2, 0) is 14.8 Å². The molecule has 0 aromatic heterocycles. The topological polar surface area (TPSA) is 75.7 Å². The van der Waals surface area contributed by atoms with Crippen LogP contribution >= 0.6 is 11.6 Å². The van der Waals surface area contributed by atoms with E-state index in [1.54, 1.807) is 54.6 Å². The minimum absolute atomic E-state index is 0.0733. The molecule has 0 fully saturated rings. The highest BCUT2D eigenvalue weighted by atomic mass is 35.5. The van der Waals surface area contributed by atoms with E-state index in [-0.39, 0.29) is 10.6 Å². The van der Waals surface area contributed by atoms with Gasteiger partial charge in [-0.1, -0.05) is 41.9 Å². The second-order valence-electron chi connectivity index (χ2n) is 6.56. The number of aryl methyl sites for hydroxylation is 1. The van der Waals surface area contributed by atoms with Gasteiger partial charge in [0.05, 0.1) is 17.7 Å². The van der Waals surface area contributed by atoms with Crippen LogP contribution in [0, 0.1) is 6.92 Å². The highest BCUT2D eigenvalue weighted by Crippen LogP contribution is 2.33. The van der Waals surface area contributed by atoms with Gasteiger partial charge in [0.15, 0.2) is 0 Å². The second kappa shape index (κ2) is 9.19. The van der Waals surface area contributed by atoms with Crippen molar-refractivity contribution in [3.8, 4) is 5.75 Å². The molecule has 1 amide bonds. The first-order valence-electron chi connectivity index (χ1n) is 9.09. The van der Waals surface area contributed by atoms with Crippen LogP contribution in [0.4, 0.5) is 11.4 Å². The molecular formula is C22H21ClN2O4S. The zero-order chi connectivity index (χ0) is 21.7. The summed E-state index contributed by atoms with van der Waals surface area (Å²) in [6.45, 7) is 1.39. The van der Waals surface area contributed by atoms with E-state index < -0.39 is 22.5 Å². The Labute approximate surface area is 181 Å². The summed E-state index contributed by atoms with van der Waals surface area (Å²) < 4.78 is 33.3. The maximum Gasteiger partial charge on any atom is 0.264 e. The van der Waals surface area contributed by atoms with Gasteiger partial charge >= 0.3 is 0 Å². The predicted molar refractivity (Wildman–Crippen MR) is 119 cm³/mol. The van der Waals surface area contributed by atoms with Gasteiger partial charge in [-0.25, -0.2) is 8.42 Å². The molecule has 0 saturated heterocycles. The second-order valence-corrected chi connectivity index (χ2v) is 8.86. The van der Waals surface area contributed by atoms with E-state index in [4.69, 9.17) is 16.3 Å². The van der Waals surface area contributed by atoms with Gasteiger partial charge in [-0.05, 0) is 55.0 Å². The SMILES string of the molecule is COc1ccc(C)cc1N(CC(=O)Nc1cccc(Cl)c1)S(=O)(=O)c1ccccc1. The van der Waals surface area contributed by atoms with Crippen LogP contribution in [0.1, 0.15) is 5.56 Å². The van der Waals surface area contributed by atoms with Gasteiger partial charge in [-0.15, -0.1) is 0 Å². The Balaban J connectivity index is 2.02. The number of sulfonamides is 1. The Bertz CT molecular complexity index is 1150. The predicted octanol–water partition coefficient (Wildman–Crippen LogP) is 4.49. The van der Waals surface area contributed by atoms with Crippen LogP contribution in [0.15, 0.2) is 77.7 Å². The van der Waals surface area contributed by atoms with Crippen molar-refractivity contribution in [2.24, 2.45) is 0 Å². The number of carbonyl (C=O) groups excluding carboxylic acids is 1. The van der Waals surface area contributed by atoms with Gasteiger partial charge < -0.3 is 10.1 Å². The van der Waals surface area contributed by atoms with E-state index in [1.807, 2.05) is 13.0 Å². The van der Waals surface area contributed by atoms with Crippen LogP contribution in [0.25, 0.3) is 0 Å². The molecule has 3 rings (SSSR count).